The summed E-state index contributed by atoms with van der Waals surface area (Å²) in [4.78, 5) is 17.9. The molecule has 0 saturated carbocycles. The summed E-state index contributed by atoms with van der Waals surface area (Å²) < 4.78 is 1.91. The third-order valence-corrected chi connectivity index (χ3v) is 4.40. The van der Waals surface area contributed by atoms with Gasteiger partial charge in [0, 0.05) is 45.0 Å². The second-order valence-corrected chi connectivity index (χ2v) is 6.45. The van der Waals surface area contributed by atoms with Gasteiger partial charge in [-0.2, -0.15) is 5.10 Å². The monoisotopic (exact) mass is 354 g/mol. The van der Waals surface area contributed by atoms with Crippen molar-refractivity contribution >= 4 is 17.6 Å². The number of hydrogen-bond acceptors (Lipinski definition) is 3. The van der Waals surface area contributed by atoms with E-state index in [4.69, 9.17) is 0 Å². The molecular weight excluding hydrogens is 328 g/mol. The molecule has 2 heterocycles. The van der Waals surface area contributed by atoms with Crippen molar-refractivity contribution in [3.63, 3.8) is 0 Å². The number of benzene rings is 1. The summed E-state index contributed by atoms with van der Waals surface area (Å²) in [6.45, 7) is 5.06. The van der Waals surface area contributed by atoms with Crippen LogP contribution in [0.2, 0.25) is 0 Å². The van der Waals surface area contributed by atoms with E-state index < -0.39 is 0 Å². The summed E-state index contributed by atoms with van der Waals surface area (Å²) in [5.41, 5.74) is 3.28. The summed E-state index contributed by atoms with van der Waals surface area (Å²) in [5.74, 6) is 0.973. The molecule has 1 aromatic heterocycles. The Morgan fingerprint density at radius 1 is 1.27 bits per heavy atom. The lowest BCUT2D eigenvalue weighted by molar-refractivity contribution is -0.117. The molecule has 26 heavy (non-hydrogen) atoms. The number of hydrogen-bond donors (Lipinski definition) is 2. The SMILES string of the molecule is CN=C(NCCn1cc(C)cn1)NCc1ccc(N2CCCC2=O)cc1. The first-order valence-corrected chi connectivity index (χ1v) is 8.98. The fourth-order valence-electron chi connectivity index (χ4n) is 3.00. The molecule has 2 aromatic rings. The molecule has 1 amide bonds. The maximum Gasteiger partial charge on any atom is 0.227 e. The summed E-state index contributed by atoms with van der Waals surface area (Å²) in [6.07, 6.45) is 5.47. The zero-order valence-electron chi connectivity index (χ0n) is 15.4. The van der Waals surface area contributed by atoms with Crippen molar-refractivity contribution in [3.8, 4) is 0 Å². The van der Waals surface area contributed by atoms with Gasteiger partial charge in [-0.05, 0) is 36.6 Å². The quantitative estimate of drug-likeness (QED) is 0.611. The third-order valence-electron chi connectivity index (χ3n) is 4.40. The first-order chi connectivity index (χ1) is 12.7. The van der Waals surface area contributed by atoms with E-state index in [1.807, 2.05) is 53.2 Å². The molecule has 0 bridgehead atoms. The molecule has 0 radical (unpaired) electrons. The minimum absolute atomic E-state index is 0.216. The van der Waals surface area contributed by atoms with Crippen LogP contribution in [0.25, 0.3) is 0 Å². The number of carbonyl (C=O) groups is 1. The largest absolute Gasteiger partial charge is 0.355 e. The van der Waals surface area contributed by atoms with E-state index >= 15 is 0 Å². The molecule has 1 saturated heterocycles. The van der Waals surface area contributed by atoms with Crippen LogP contribution in [-0.4, -0.2) is 41.8 Å². The molecule has 138 valence electrons. The molecular formula is C19H26N6O. The first-order valence-electron chi connectivity index (χ1n) is 8.98. The van der Waals surface area contributed by atoms with Crippen LogP contribution in [0, 0.1) is 6.92 Å². The minimum Gasteiger partial charge on any atom is -0.355 e. The second-order valence-electron chi connectivity index (χ2n) is 6.45. The van der Waals surface area contributed by atoms with Crippen LogP contribution in [-0.2, 0) is 17.9 Å². The highest BCUT2D eigenvalue weighted by Crippen LogP contribution is 2.21. The maximum absolute atomic E-state index is 11.8. The molecule has 1 aliphatic rings. The fourth-order valence-corrected chi connectivity index (χ4v) is 3.00. The van der Waals surface area contributed by atoms with Gasteiger partial charge in [-0.1, -0.05) is 12.1 Å². The van der Waals surface area contributed by atoms with Gasteiger partial charge in [-0.25, -0.2) is 0 Å². The summed E-state index contributed by atoms with van der Waals surface area (Å²) in [6, 6.07) is 8.12. The van der Waals surface area contributed by atoms with Crippen molar-refractivity contribution in [2.45, 2.75) is 32.9 Å². The number of carbonyl (C=O) groups excluding carboxylic acids is 1. The molecule has 1 aromatic carbocycles. The van der Waals surface area contributed by atoms with E-state index in [9.17, 15) is 4.79 Å². The van der Waals surface area contributed by atoms with Crippen LogP contribution in [0.1, 0.15) is 24.0 Å². The number of guanidine groups is 1. The molecule has 1 fully saturated rings. The molecule has 0 aliphatic carbocycles. The smallest absolute Gasteiger partial charge is 0.227 e. The normalized spacial score (nSPS) is 14.8. The Balaban J connectivity index is 1.45. The van der Waals surface area contributed by atoms with Gasteiger partial charge in [0.05, 0.1) is 12.7 Å². The number of anilines is 1. The van der Waals surface area contributed by atoms with Gasteiger partial charge in [0.1, 0.15) is 0 Å². The van der Waals surface area contributed by atoms with Gasteiger partial charge in [0.2, 0.25) is 5.91 Å². The Bertz CT molecular complexity index is 765. The Labute approximate surface area is 154 Å². The lowest BCUT2D eigenvalue weighted by Crippen LogP contribution is -2.38. The zero-order valence-corrected chi connectivity index (χ0v) is 15.4. The highest BCUT2D eigenvalue weighted by atomic mass is 16.2. The molecule has 2 N–H and O–H groups in total. The van der Waals surface area contributed by atoms with Crippen LogP contribution in [0.15, 0.2) is 41.7 Å². The van der Waals surface area contributed by atoms with Crippen molar-refractivity contribution in [2.75, 3.05) is 25.0 Å². The number of amides is 1. The Morgan fingerprint density at radius 2 is 2.08 bits per heavy atom. The number of aryl methyl sites for hydroxylation is 1. The van der Waals surface area contributed by atoms with Crippen molar-refractivity contribution < 1.29 is 4.79 Å². The molecule has 7 nitrogen and oxygen atoms in total. The van der Waals surface area contributed by atoms with Crippen molar-refractivity contribution in [2.24, 2.45) is 4.99 Å². The summed E-state index contributed by atoms with van der Waals surface area (Å²) >= 11 is 0. The zero-order chi connectivity index (χ0) is 18.4. The maximum atomic E-state index is 11.8. The van der Waals surface area contributed by atoms with Gasteiger partial charge in [0.25, 0.3) is 0 Å². The summed E-state index contributed by atoms with van der Waals surface area (Å²) in [5, 5.41) is 10.9. The predicted octanol–water partition coefficient (Wildman–Crippen LogP) is 1.68. The van der Waals surface area contributed by atoms with Crippen LogP contribution >= 0.6 is 0 Å². The van der Waals surface area contributed by atoms with E-state index in [2.05, 4.69) is 20.7 Å². The molecule has 0 spiro atoms. The van der Waals surface area contributed by atoms with Crippen LogP contribution < -0.4 is 15.5 Å². The highest BCUT2D eigenvalue weighted by Gasteiger charge is 2.21. The van der Waals surface area contributed by atoms with E-state index in [1.165, 1.54) is 0 Å². The van der Waals surface area contributed by atoms with E-state index in [1.54, 1.807) is 7.05 Å². The van der Waals surface area contributed by atoms with Crippen LogP contribution in [0.4, 0.5) is 5.69 Å². The van der Waals surface area contributed by atoms with Crippen molar-refractivity contribution in [3.05, 3.63) is 47.8 Å². The van der Waals surface area contributed by atoms with Gasteiger partial charge < -0.3 is 15.5 Å². The number of nitrogens with one attached hydrogen (secondary N) is 2. The average Bonchev–Trinajstić information content (AvgIpc) is 3.26. The van der Waals surface area contributed by atoms with Gasteiger partial charge in [0.15, 0.2) is 5.96 Å². The molecule has 0 atom stereocenters. The van der Waals surface area contributed by atoms with E-state index in [-0.39, 0.29) is 5.91 Å². The Kier molecular flexibility index (Phi) is 5.88. The van der Waals surface area contributed by atoms with Crippen molar-refractivity contribution in [1.29, 1.82) is 0 Å². The minimum atomic E-state index is 0.216. The summed E-state index contributed by atoms with van der Waals surface area (Å²) in [7, 11) is 1.76. The van der Waals surface area contributed by atoms with Gasteiger partial charge >= 0.3 is 0 Å². The number of aliphatic imine (C=N–C) groups is 1. The van der Waals surface area contributed by atoms with Gasteiger partial charge in [-0.15, -0.1) is 0 Å². The van der Waals surface area contributed by atoms with E-state index in [0.29, 0.717) is 13.0 Å². The van der Waals surface area contributed by atoms with Crippen LogP contribution in [0.3, 0.4) is 0 Å². The molecule has 1 aliphatic heterocycles. The number of aromatic nitrogens is 2. The molecule has 3 rings (SSSR count). The first kappa shape index (κ1) is 18.0. The van der Waals surface area contributed by atoms with Crippen LogP contribution in [0.5, 0.6) is 0 Å². The molecule has 0 unspecified atom stereocenters. The molecule has 7 heteroatoms. The van der Waals surface area contributed by atoms with Crippen molar-refractivity contribution in [1.82, 2.24) is 20.4 Å². The highest BCUT2D eigenvalue weighted by molar-refractivity contribution is 5.95. The predicted molar refractivity (Wildman–Crippen MR) is 103 cm³/mol. The van der Waals surface area contributed by atoms with Gasteiger partial charge in [-0.3, -0.25) is 14.5 Å². The third kappa shape index (κ3) is 4.62. The standard InChI is InChI=1S/C19H26N6O/c1-15-12-23-24(14-15)11-9-21-19(20-2)22-13-16-5-7-17(8-6-16)25-10-3-4-18(25)26/h5-8,12,14H,3-4,9-11,13H2,1-2H3,(H2,20,21,22). The average molecular weight is 354 g/mol. The van der Waals surface area contributed by atoms with E-state index in [0.717, 1.165) is 48.8 Å². The Morgan fingerprint density at radius 3 is 2.69 bits per heavy atom. The second kappa shape index (κ2) is 8.51. The fraction of sp³-hybridized carbons (Fsp3) is 0.421. The number of nitrogens with zero attached hydrogens (tertiary/aromatic N) is 4. The lowest BCUT2D eigenvalue weighted by atomic mass is 10.2. The topological polar surface area (TPSA) is 74.6 Å². The Hall–Kier alpha value is -2.83. The number of rotatable bonds is 6. The lowest BCUT2D eigenvalue weighted by Gasteiger charge is -2.16.